The van der Waals surface area contributed by atoms with Crippen molar-refractivity contribution in [2.45, 2.75) is 12.6 Å². The molecule has 2 nitrogen and oxygen atoms in total. The van der Waals surface area contributed by atoms with Crippen LogP contribution in [-0.4, -0.2) is 4.98 Å². The van der Waals surface area contributed by atoms with Crippen LogP contribution in [0.25, 0.3) is 11.1 Å². The first-order valence-electron chi connectivity index (χ1n) is 6.05. The Morgan fingerprint density at radius 3 is 1.88 bits per heavy atom. The van der Waals surface area contributed by atoms with Gasteiger partial charge in [0, 0.05) is 11.1 Å². The van der Waals surface area contributed by atoms with Crippen molar-refractivity contribution in [1.82, 2.24) is 4.98 Å². The van der Waals surface area contributed by atoms with Crippen LogP contribution in [0.15, 0.2) is 12.1 Å². The predicted molar refractivity (Wildman–Crippen MR) is 89.0 cm³/mol. The van der Waals surface area contributed by atoms with Crippen molar-refractivity contribution in [2.75, 3.05) is 0 Å². The van der Waals surface area contributed by atoms with Crippen LogP contribution in [0, 0.1) is 11.3 Å². The molecule has 0 saturated carbocycles. The van der Waals surface area contributed by atoms with Crippen LogP contribution < -0.4 is 0 Å². The average Bonchev–Trinajstić information content (AvgIpc) is 2.52. The van der Waals surface area contributed by atoms with Crippen molar-refractivity contribution in [3.63, 3.8) is 0 Å². The van der Waals surface area contributed by atoms with E-state index in [1.165, 1.54) is 0 Å². The van der Waals surface area contributed by atoms with Gasteiger partial charge in [-0.15, -0.1) is 0 Å². The van der Waals surface area contributed by atoms with Crippen molar-refractivity contribution < 1.29 is 13.2 Å². The third-order valence-electron chi connectivity index (χ3n) is 2.99. The van der Waals surface area contributed by atoms with Gasteiger partial charge >= 0.3 is 6.18 Å². The maximum Gasteiger partial charge on any atom is 0.433 e. The van der Waals surface area contributed by atoms with Crippen LogP contribution in [0.3, 0.4) is 0 Å². The first-order chi connectivity index (χ1) is 11.1. The summed E-state index contributed by atoms with van der Waals surface area (Å²) in [6, 6.07) is 3.60. The van der Waals surface area contributed by atoms with Crippen LogP contribution in [0.4, 0.5) is 13.2 Å². The van der Waals surface area contributed by atoms with Gasteiger partial charge in [-0.1, -0.05) is 64.1 Å². The van der Waals surface area contributed by atoms with Gasteiger partial charge in [-0.25, -0.2) is 4.98 Å². The van der Waals surface area contributed by atoms with E-state index in [0.717, 1.165) is 12.1 Å². The molecule has 2 rings (SSSR count). The summed E-state index contributed by atoms with van der Waals surface area (Å²) in [5, 5.41) is 8.37. The van der Waals surface area contributed by atoms with Gasteiger partial charge in [0.1, 0.15) is 5.69 Å². The molecule has 0 atom stereocenters. The minimum Gasteiger partial charge on any atom is -0.247 e. The van der Waals surface area contributed by atoms with Crippen molar-refractivity contribution in [3.8, 4) is 17.2 Å². The fourth-order valence-electron chi connectivity index (χ4n) is 1.94. The molecule has 1 aromatic heterocycles. The van der Waals surface area contributed by atoms with Crippen LogP contribution >= 0.6 is 58.0 Å². The Bertz CT molecular complexity index is 830. The maximum atomic E-state index is 12.8. The average molecular weight is 434 g/mol. The normalized spacial score (nSPS) is 11.5. The first kappa shape index (κ1) is 19.4. The van der Waals surface area contributed by atoms with Gasteiger partial charge in [0.25, 0.3) is 0 Å². The largest absolute Gasteiger partial charge is 0.433 e. The Labute approximate surface area is 159 Å². The molecule has 0 saturated heterocycles. The standard InChI is InChI=1S/C14H4Cl5F3N2/c15-9-8(10(16)12(18)13(19)11(9)17)5-1-2-7(14(20,21)22)24-6(5)3-4-23/h1-2H,3H2. The topological polar surface area (TPSA) is 36.7 Å². The van der Waals surface area contributed by atoms with Crippen LogP contribution in [0.1, 0.15) is 11.4 Å². The first-order valence-corrected chi connectivity index (χ1v) is 7.94. The molecule has 0 spiro atoms. The van der Waals surface area contributed by atoms with E-state index >= 15 is 0 Å². The van der Waals surface area contributed by atoms with Gasteiger partial charge in [0.2, 0.25) is 0 Å². The molecule has 126 valence electrons. The van der Waals surface area contributed by atoms with E-state index in [4.69, 9.17) is 63.3 Å². The van der Waals surface area contributed by atoms with E-state index < -0.39 is 18.3 Å². The number of rotatable bonds is 2. The van der Waals surface area contributed by atoms with E-state index in [0.29, 0.717) is 0 Å². The maximum absolute atomic E-state index is 12.8. The Morgan fingerprint density at radius 2 is 1.42 bits per heavy atom. The lowest BCUT2D eigenvalue weighted by Gasteiger charge is -2.16. The second kappa shape index (κ2) is 7.15. The van der Waals surface area contributed by atoms with E-state index in [2.05, 4.69) is 4.98 Å². The molecule has 0 aliphatic heterocycles. The summed E-state index contributed by atoms with van der Waals surface area (Å²) in [6.45, 7) is 0. The molecule has 0 aliphatic rings. The number of nitrogens with zero attached hydrogens (tertiary/aromatic N) is 2. The summed E-state index contributed by atoms with van der Waals surface area (Å²) in [4.78, 5) is 3.49. The van der Waals surface area contributed by atoms with Crippen molar-refractivity contribution >= 4 is 58.0 Å². The van der Waals surface area contributed by atoms with Gasteiger partial charge in [-0.3, -0.25) is 0 Å². The third-order valence-corrected chi connectivity index (χ3v) is 5.27. The fourth-order valence-corrected chi connectivity index (χ4v) is 3.28. The van der Waals surface area contributed by atoms with E-state index in [-0.39, 0.29) is 41.9 Å². The summed E-state index contributed by atoms with van der Waals surface area (Å²) < 4.78 is 38.5. The molecule has 0 bridgehead atoms. The molecular formula is C14H4Cl5F3N2. The monoisotopic (exact) mass is 432 g/mol. The molecule has 10 heteroatoms. The molecule has 1 aromatic carbocycles. The highest BCUT2D eigenvalue weighted by Gasteiger charge is 2.33. The zero-order valence-electron chi connectivity index (χ0n) is 11.3. The molecule has 0 fully saturated rings. The van der Waals surface area contributed by atoms with Crippen LogP contribution in [0.2, 0.25) is 25.1 Å². The van der Waals surface area contributed by atoms with E-state index in [1.54, 1.807) is 6.07 Å². The van der Waals surface area contributed by atoms with Crippen molar-refractivity contribution in [1.29, 1.82) is 5.26 Å². The number of nitriles is 1. The Kier molecular flexibility index (Phi) is 5.79. The van der Waals surface area contributed by atoms with Gasteiger partial charge in [0.15, 0.2) is 0 Å². The molecule has 0 radical (unpaired) electrons. The number of benzene rings is 1. The number of hydrogen-bond acceptors (Lipinski definition) is 2. The highest BCUT2D eigenvalue weighted by molar-refractivity contribution is 6.56. The minimum absolute atomic E-state index is 0.0595. The fraction of sp³-hybridized carbons (Fsp3) is 0.143. The lowest BCUT2D eigenvalue weighted by molar-refractivity contribution is -0.141. The van der Waals surface area contributed by atoms with Gasteiger partial charge in [0.05, 0.1) is 43.3 Å². The lowest BCUT2D eigenvalue weighted by Crippen LogP contribution is -2.10. The number of pyridine rings is 1. The Balaban J connectivity index is 2.81. The van der Waals surface area contributed by atoms with E-state index in [1.807, 2.05) is 0 Å². The second-order valence-electron chi connectivity index (χ2n) is 4.47. The summed E-state index contributed by atoms with van der Waals surface area (Å²) in [5.74, 6) is 0. The predicted octanol–water partition coefficient (Wildman–Crippen LogP) is 7.10. The Hall–Kier alpha value is -0.900. The molecule has 24 heavy (non-hydrogen) atoms. The summed E-state index contributed by atoms with van der Waals surface area (Å²) in [6.07, 6.45) is -5.06. The Morgan fingerprint density at radius 1 is 0.917 bits per heavy atom. The highest BCUT2D eigenvalue weighted by atomic mass is 35.5. The van der Waals surface area contributed by atoms with Crippen LogP contribution in [0.5, 0.6) is 0 Å². The lowest BCUT2D eigenvalue weighted by atomic mass is 10.0. The van der Waals surface area contributed by atoms with Gasteiger partial charge in [-0.2, -0.15) is 18.4 Å². The zero-order chi connectivity index (χ0) is 18.2. The van der Waals surface area contributed by atoms with Gasteiger partial charge in [-0.05, 0) is 6.07 Å². The highest BCUT2D eigenvalue weighted by Crippen LogP contribution is 2.49. The number of halogens is 8. The van der Waals surface area contributed by atoms with E-state index in [9.17, 15) is 13.2 Å². The second-order valence-corrected chi connectivity index (χ2v) is 6.36. The summed E-state index contributed by atoms with van der Waals surface area (Å²) in [7, 11) is 0. The van der Waals surface area contributed by atoms with Gasteiger partial charge < -0.3 is 0 Å². The molecule has 0 unspecified atom stereocenters. The molecule has 0 N–H and O–H groups in total. The number of aromatic nitrogens is 1. The molecule has 2 aromatic rings. The summed E-state index contributed by atoms with van der Waals surface area (Å²) in [5.41, 5.74) is -1.13. The smallest absolute Gasteiger partial charge is 0.247 e. The quantitative estimate of drug-likeness (QED) is 0.373. The van der Waals surface area contributed by atoms with Crippen molar-refractivity contribution in [3.05, 3.63) is 48.6 Å². The number of hydrogen-bond donors (Lipinski definition) is 0. The molecular weight excluding hydrogens is 430 g/mol. The molecule has 0 amide bonds. The molecule has 1 heterocycles. The number of alkyl halides is 3. The SMILES string of the molecule is N#CCc1nc(C(F)(F)F)ccc1-c1c(Cl)c(Cl)c(Cl)c(Cl)c1Cl. The summed E-state index contributed by atoms with van der Waals surface area (Å²) >= 11 is 30.1. The zero-order valence-corrected chi connectivity index (χ0v) is 15.1. The van der Waals surface area contributed by atoms with Crippen LogP contribution in [-0.2, 0) is 12.6 Å². The van der Waals surface area contributed by atoms with Crippen molar-refractivity contribution in [2.24, 2.45) is 0 Å². The molecule has 0 aliphatic carbocycles. The minimum atomic E-state index is -4.66. The third kappa shape index (κ3) is 3.54.